The summed E-state index contributed by atoms with van der Waals surface area (Å²) >= 11 is 3.46. The molecule has 0 saturated heterocycles. The maximum Gasteiger partial charge on any atom is 0.224 e. The van der Waals surface area contributed by atoms with Crippen LogP contribution in [0.2, 0.25) is 0 Å². The van der Waals surface area contributed by atoms with Crippen LogP contribution < -0.4 is 10.6 Å². The van der Waals surface area contributed by atoms with Gasteiger partial charge in [0.1, 0.15) is 5.82 Å². The van der Waals surface area contributed by atoms with Gasteiger partial charge in [-0.15, -0.1) is 0 Å². The third-order valence-corrected chi connectivity index (χ3v) is 3.66. The molecule has 1 aromatic carbocycles. The number of halogens is 1. The van der Waals surface area contributed by atoms with Crippen LogP contribution >= 0.6 is 15.9 Å². The Labute approximate surface area is 131 Å². The Bertz CT molecular complexity index is 803. The number of hydrogen-bond donors (Lipinski definition) is 2. The Balaban J connectivity index is 2.08. The molecular weight excluding hydrogens is 330 g/mol. The van der Waals surface area contributed by atoms with Crippen molar-refractivity contribution < 1.29 is 0 Å². The van der Waals surface area contributed by atoms with Crippen LogP contribution in [0.1, 0.15) is 5.69 Å². The van der Waals surface area contributed by atoms with Gasteiger partial charge in [-0.3, -0.25) is 4.98 Å². The lowest BCUT2D eigenvalue weighted by Gasteiger charge is -2.11. The lowest BCUT2D eigenvalue weighted by Crippen LogP contribution is -2.02. The quantitative estimate of drug-likeness (QED) is 0.755. The van der Waals surface area contributed by atoms with Gasteiger partial charge in [0.2, 0.25) is 5.95 Å². The molecule has 0 unspecified atom stereocenters. The molecule has 5 nitrogen and oxygen atoms in total. The fourth-order valence-corrected chi connectivity index (χ4v) is 2.34. The zero-order valence-electron chi connectivity index (χ0n) is 11.7. The second-order valence-electron chi connectivity index (χ2n) is 4.60. The van der Waals surface area contributed by atoms with Crippen LogP contribution in [0.5, 0.6) is 0 Å². The van der Waals surface area contributed by atoms with E-state index in [4.69, 9.17) is 0 Å². The molecule has 0 atom stereocenters. The summed E-state index contributed by atoms with van der Waals surface area (Å²) in [6, 6.07) is 10.1. The van der Waals surface area contributed by atoms with E-state index >= 15 is 0 Å². The second-order valence-corrected chi connectivity index (χ2v) is 5.45. The Hall–Kier alpha value is -2.21. The van der Waals surface area contributed by atoms with Crippen molar-refractivity contribution in [1.82, 2.24) is 15.0 Å². The molecule has 0 radical (unpaired) electrons. The minimum Gasteiger partial charge on any atom is -0.357 e. The number of aryl methyl sites for hydroxylation is 1. The predicted octanol–water partition coefficient (Wildman–Crippen LogP) is 3.88. The zero-order valence-corrected chi connectivity index (χ0v) is 13.3. The standard InChI is InChI=1S/C15H14BrN5/c1-9-6-7-10-4-3-5-12(13(10)19-9)20-14-11(16)8-18-15(17-2)21-14/h3-8H,1-2H3,(H2,17,18,20,21). The van der Waals surface area contributed by atoms with Crippen LogP contribution in [0.15, 0.2) is 41.0 Å². The highest BCUT2D eigenvalue weighted by Crippen LogP contribution is 2.28. The minimum absolute atomic E-state index is 0.560. The third-order valence-electron chi connectivity index (χ3n) is 3.08. The van der Waals surface area contributed by atoms with Crippen molar-refractivity contribution in [3.63, 3.8) is 0 Å². The van der Waals surface area contributed by atoms with E-state index in [0.29, 0.717) is 11.8 Å². The molecule has 21 heavy (non-hydrogen) atoms. The van der Waals surface area contributed by atoms with Gasteiger partial charge in [-0.2, -0.15) is 4.98 Å². The van der Waals surface area contributed by atoms with Crippen LogP contribution in [0, 0.1) is 6.92 Å². The van der Waals surface area contributed by atoms with Crippen LogP contribution in [-0.4, -0.2) is 22.0 Å². The van der Waals surface area contributed by atoms with E-state index in [1.54, 1.807) is 13.2 Å². The van der Waals surface area contributed by atoms with Crippen molar-refractivity contribution in [3.8, 4) is 0 Å². The van der Waals surface area contributed by atoms with E-state index in [1.807, 2.05) is 31.2 Å². The van der Waals surface area contributed by atoms with Crippen molar-refractivity contribution in [2.45, 2.75) is 6.92 Å². The Morgan fingerprint density at radius 1 is 1.10 bits per heavy atom. The maximum absolute atomic E-state index is 4.61. The Kier molecular flexibility index (Phi) is 3.70. The number of rotatable bonds is 3. The van der Waals surface area contributed by atoms with Gasteiger partial charge in [0.25, 0.3) is 0 Å². The molecule has 106 valence electrons. The Morgan fingerprint density at radius 2 is 1.95 bits per heavy atom. The molecule has 3 aromatic rings. The van der Waals surface area contributed by atoms with E-state index in [2.05, 4.69) is 47.6 Å². The fraction of sp³-hybridized carbons (Fsp3) is 0.133. The van der Waals surface area contributed by atoms with Gasteiger partial charge in [-0.05, 0) is 35.0 Å². The monoisotopic (exact) mass is 343 g/mol. The van der Waals surface area contributed by atoms with Crippen molar-refractivity contribution in [1.29, 1.82) is 0 Å². The number of hydrogen-bond acceptors (Lipinski definition) is 5. The van der Waals surface area contributed by atoms with E-state index in [9.17, 15) is 0 Å². The highest BCUT2D eigenvalue weighted by molar-refractivity contribution is 9.10. The van der Waals surface area contributed by atoms with E-state index in [0.717, 1.165) is 26.8 Å². The summed E-state index contributed by atoms with van der Waals surface area (Å²) in [4.78, 5) is 13.2. The zero-order chi connectivity index (χ0) is 14.8. The molecule has 6 heteroatoms. The number of pyridine rings is 1. The van der Waals surface area contributed by atoms with Gasteiger partial charge in [0.15, 0.2) is 0 Å². The van der Waals surface area contributed by atoms with Crippen LogP contribution in [0.25, 0.3) is 10.9 Å². The highest BCUT2D eigenvalue weighted by atomic mass is 79.9. The smallest absolute Gasteiger partial charge is 0.224 e. The van der Waals surface area contributed by atoms with Crippen molar-refractivity contribution in [2.24, 2.45) is 0 Å². The molecule has 0 bridgehead atoms. The third kappa shape index (κ3) is 2.80. The molecule has 0 fully saturated rings. The van der Waals surface area contributed by atoms with Gasteiger partial charge in [-0.25, -0.2) is 4.98 Å². The van der Waals surface area contributed by atoms with Gasteiger partial charge in [0.05, 0.1) is 15.7 Å². The molecular formula is C15H14BrN5. The summed E-state index contributed by atoms with van der Waals surface area (Å²) in [7, 11) is 1.79. The maximum atomic E-state index is 4.61. The lowest BCUT2D eigenvalue weighted by atomic mass is 10.1. The van der Waals surface area contributed by atoms with Crippen LogP contribution in [0.4, 0.5) is 17.5 Å². The molecule has 2 aromatic heterocycles. The SMILES string of the molecule is CNc1ncc(Br)c(Nc2cccc3ccc(C)nc23)n1. The largest absolute Gasteiger partial charge is 0.357 e. The normalized spacial score (nSPS) is 10.6. The van der Waals surface area contributed by atoms with Crippen LogP contribution in [0.3, 0.4) is 0 Å². The first-order valence-electron chi connectivity index (χ1n) is 6.51. The van der Waals surface area contributed by atoms with E-state index in [-0.39, 0.29) is 0 Å². The lowest BCUT2D eigenvalue weighted by molar-refractivity contribution is 1.14. The van der Waals surface area contributed by atoms with Crippen LogP contribution in [-0.2, 0) is 0 Å². The molecule has 0 aliphatic rings. The topological polar surface area (TPSA) is 62.7 Å². The molecule has 0 amide bonds. The first kappa shape index (κ1) is 13.8. The average Bonchev–Trinajstić information content (AvgIpc) is 2.50. The summed E-state index contributed by atoms with van der Waals surface area (Å²) in [6.07, 6.45) is 1.71. The molecule has 3 rings (SSSR count). The average molecular weight is 344 g/mol. The first-order valence-corrected chi connectivity index (χ1v) is 7.30. The fourth-order valence-electron chi connectivity index (χ4n) is 2.05. The number of nitrogens with one attached hydrogen (secondary N) is 2. The molecule has 0 aliphatic heterocycles. The number of aromatic nitrogens is 3. The minimum atomic E-state index is 0.560. The molecule has 0 spiro atoms. The molecule has 2 N–H and O–H groups in total. The van der Waals surface area contributed by atoms with Crippen molar-refractivity contribution >= 4 is 44.3 Å². The number of fused-ring (bicyclic) bond motifs is 1. The summed E-state index contributed by atoms with van der Waals surface area (Å²) in [6.45, 7) is 1.98. The predicted molar refractivity (Wildman–Crippen MR) is 89.0 cm³/mol. The van der Waals surface area contributed by atoms with Crippen molar-refractivity contribution in [3.05, 3.63) is 46.7 Å². The summed E-state index contributed by atoms with van der Waals surface area (Å²) in [5, 5.41) is 7.33. The van der Waals surface area contributed by atoms with Crippen molar-refractivity contribution in [2.75, 3.05) is 17.7 Å². The number of para-hydroxylation sites is 1. The molecule has 0 saturated carbocycles. The van der Waals surface area contributed by atoms with Gasteiger partial charge >= 0.3 is 0 Å². The summed E-state index contributed by atoms with van der Waals surface area (Å²) in [5.41, 5.74) is 2.82. The number of nitrogens with zero attached hydrogens (tertiary/aromatic N) is 3. The van der Waals surface area contributed by atoms with E-state index < -0.39 is 0 Å². The molecule has 2 heterocycles. The summed E-state index contributed by atoms with van der Waals surface area (Å²) < 4.78 is 0.797. The second kappa shape index (κ2) is 5.65. The van der Waals surface area contributed by atoms with E-state index in [1.165, 1.54) is 0 Å². The van der Waals surface area contributed by atoms with Gasteiger partial charge in [0, 0.05) is 24.3 Å². The first-order chi connectivity index (χ1) is 10.2. The van der Waals surface area contributed by atoms with Gasteiger partial charge in [-0.1, -0.05) is 18.2 Å². The number of anilines is 3. The Morgan fingerprint density at radius 3 is 2.76 bits per heavy atom. The summed E-state index contributed by atoms with van der Waals surface area (Å²) in [5.74, 6) is 1.26. The molecule has 0 aliphatic carbocycles. The van der Waals surface area contributed by atoms with Gasteiger partial charge < -0.3 is 10.6 Å². The highest BCUT2D eigenvalue weighted by Gasteiger charge is 2.08. The number of benzene rings is 1.